The minimum Gasteiger partial charge on any atom is -0.298 e. The quantitative estimate of drug-likeness (QED) is 0.795. The van der Waals surface area contributed by atoms with Crippen LogP contribution in [0.1, 0.15) is 13.3 Å². The third kappa shape index (κ3) is 2.50. The molecule has 0 radical (unpaired) electrons. The first-order valence-electron chi connectivity index (χ1n) is 5.41. The van der Waals surface area contributed by atoms with E-state index in [9.17, 15) is 14.0 Å². The molecule has 4 nitrogen and oxygen atoms in total. The Morgan fingerprint density at radius 1 is 1.35 bits per heavy atom. The van der Waals surface area contributed by atoms with Crippen LogP contribution in [0.15, 0.2) is 24.3 Å². The number of hydrogen-bond donors (Lipinski definition) is 0. The van der Waals surface area contributed by atoms with Gasteiger partial charge in [-0.15, -0.1) is 0 Å². The number of carbonyl (C=O) groups is 2. The Balaban J connectivity index is 2.24. The van der Waals surface area contributed by atoms with Crippen molar-refractivity contribution in [3.8, 4) is 0 Å². The van der Waals surface area contributed by atoms with Gasteiger partial charge in [0.05, 0.1) is 12.2 Å². The molecule has 1 aromatic carbocycles. The second kappa shape index (κ2) is 4.63. The topological polar surface area (TPSA) is 40.6 Å². The number of carbonyl (C=O) groups excluding carboxylic acids is 2. The molecule has 1 heterocycles. The average molecular weight is 236 g/mol. The summed E-state index contributed by atoms with van der Waals surface area (Å²) in [5, 5.41) is 3.12. The molecule has 0 aromatic heterocycles. The molecule has 1 amide bonds. The number of ketones is 1. The van der Waals surface area contributed by atoms with Crippen molar-refractivity contribution >= 4 is 17.4 Å². The Morgan fingerprint density at radius 3 is 2.59 bits per heavy atom. The molecule has 1 fully saturated rings. The van der Waals surface area contributed by atoms with E-state index in [1.807, 2.05) is 0 Å². The molecule has 0 aliphatic carbocycles. The second-order valence-electron chi connectivity index (χ2n) is 4.02. The zero-order valence-electron chi connectivity index (χ0n) is 9.52. The smallest absolute Gasteiger partial charge is 0.242 e. The Hall–Kier alpha value is -1.75. The van der Waals surface area contributed by atoms with Crippen LogP contribution in [0, 0.1) is 5.82 Å². The van der Waals surface area contributed by atoms with Gasteiger partial charge >= 0.3 is 0 Å². The van der Waals surface area contributed by atoms with Gasteiger partial charge in [0.15, 0.2) is 0 Å². The second-order valence-corrected chi connectivity index (χ2v) is 4.02. The number of nitrogens with zero attached hydrogens (tertiary/aromatic N) is 2. The summed E-state index contributed by atoms with van der Waals surface area (Å²) in [6.07, 6.45) is 0.380. The fourth-order valence-corrected chi connectivity index (χ4v) is 1.88. The van der Waals surface area contributed by atoms with Crippen molar-refractivity contribution in [3.63, 3.8) is 0 Å². The summed E-state index contributed by atoms with van der Waals surface area (Å²) in [4.78, 5) is 22.8. The van der Waals surface area contributed by atoms with Crippen LogP contribution in [0.5, 0.6) is 0 Å². The first-order valence-corrected chi connectivity index (χ1v) is 5.41. The van der Waals surface area contributed by atoms with Crippen LogP contribution >= 0.6 is 0 Å². The highest BCUT2D eigenvalue weighted by Gasteiger charge is 2.30. The lowest BCUT2D eigenvalue weighted by molar-refractivity contribution is -0.119. The first-order chi connectivity index (χ1) is 8.08. The first kappa shape index (κ1) is 11.7. The van der Waals surface area contributed by atoms with E-state index < -0.39 is 0 Å². The van der Waals surface area contributed by atoms with Crippen LogP contribution in [-0.2, 0) is 9.59 Å². The van der Waals surface area contributed by atoms with Gasteiger partial charge in [0, 0.05) is 13.0 Å². The largest absolute Gasteiger partial charge is 0.298 e. The Bertz CT molecular complexity index is 444. The van der Waals surface area contributed by atoms with Crippen molar-refractivity contribution in [3.05, 3.63) is 30.1 Å². The summed E-state index contributed by atoms with van der Waals surface area (Å²) >= 11 is 0. The lowest BCUT2D eigenvalue weighted by Crippen LogP contribution is -2.41. The zero-order valence-corrected chi connectivity index (χ0v) is 9.52. The fraction of sp³-hybridized carbons (Fsp3) is 0.333. The minimum absolute atomic E-state index is 0.00758. The number of halogens is 1. The molecule has 17 heavy (non-hydrogen) atoms. The van der Waals surface area contributed by atoms with Gasteiger partial charge in [0.2, 0.25) is 5.91 Å². The van der Waals surface area contributed by atoms with E-state index in [1.54, 1.807) is 5.01 Å². The number of anilines is 1. The summed E-state index contributed by atoms with van der Waals surface area (Å²) < 4.78 is 12.8. The van der Waals surface area contributed by atoms with E-state index in [0.717, 1.165) is 0 Å². The Kier molecular flexibility index (Phi) is 3.19. The maximum Gasteiger partial charge on any atom is 0.242 e. The van der Waals surface area contributed by atoms with Crippen molar-refractivity contribution in [1.82, 2.24) is 5.01 Å². The number of hydrogen-bond acceptors (Lipinski definition) is 3. The molecule has 2 rings (SSSR count). The Morgan fingerprint density at radius 2 is 2.00 bits per heavy atom. The van der Waals surface area contributed by atoms with Gasteiger partial charge in [-0.25, -0.2) is 14.4 Å². The number of amides is 1. The van der Waals surface area contributed by atoms with Crippen LogP contribution in [-0.4, -0.2) is 29.8 Å². The highest BCUT2D eigenvalue weighted by Crippen LogP contribution is 2.22. The van der Waals surface area contributed by atoms with E-state index in [0.29, 0.717) is 18.7 Å². The molecular weight excluding hydrogens is 223 g/mol. The normalized spacial score (nSPS) is 16.6. The van der Waals surface area contributed by atoms with Crippen LogP contribution in [0.4, 0.5) is 10.1 Å². The zero-order chi connectivity index (χ0) is 12.4. The lowest BCUT2D eigenvalue weighted by atomic mass is 10.3. The molecule has 1 aliphatic rings. The molecule has 0 bridgehead atoms. The summed E-state index contributed by atoms with van der Waals surface area (Å²) in [5.41, 5.74) is 0.593. The molecule has 0 saturated carbocycles. The van der Waals surface area contributed by atoms with Crippen LogP contribution < -0.4 is 5.01 Å². The van der Waals surface area contributed by atoms with Crippen molar-refractivity contribution in [2.24, 2.45) is 0 Å². The van der Waals surface area contributed by atoms with E-state index in [4.69, 9.17) is 0 Å². The van der Waals surface area contributed by atoms with Gasteiger partial charge in [-0.2, -0.15) is 0 Å². The summed E-state index contributed by atoms with van der Waals surface area (Å²) in [5.74, 6) is -0.428. The lowest BCUT2D eigenvalue weighted by Gasteiger charge is -2.26. The number of hydrazine groups is 1. The van der Waals surface area contributed by atoms with Crippen LogP contribution in [0.3, 0.4) is 0 Å². The van der Waals surface area contributed by atoms with E-state index in [1.165, 1.54) is 36.2 Å². The molecule has 0 unspecified atom stereocenters. The average Bonchev–Trinajstić information content (AvgIpc) is 2.61. The molecule has 1 aliphatic heterocycles. The van der Waals surface area contributed by atoms with Gasteiger partial charge in [-0.05, 0) is 31.2 Å². The summed E-state index contributed by atoms with van der Waals surface area (Å²) in [6, 6.07) is 5.66. The van der Waals surface area contributed by atoms with Gasteiger partial charge in [0.1, 0.15) is 11.6 Å². The maximum absolute atomic E-state index is 12.8. The predicted octanol–water partition coefficient (Wildman–Crippen LogP) is 1.37. The molecule has 1 saturated heterocycles. The molecule has 0 atom stereocenters. The fourth-order valence-electron chi connectivity index (χ4n) is 1.88. The van der Waals surface area contributed by atoms with Gasteiger partial charge in [-0.3, -0.25) is 9.59 Å². The molecule has 5 heteroatoms. The molecule has 0 N–H and O–H groups in total. The van der Waals surface area contributed by atoms with Gasteiger partial charge in [-0.1, -0.05) is 0 Å². The van der Waals surface area contributed by atoms with Crippen LogP contribution in [0.25, 0.3) is 0 Å². The van der Waals surface area contributed by atoms with Gasteiger partial charge in [0.25, 0.3) is 0 Å². The molecule has 1 aromatic rings. The summed E-state index contributed by atoms with van der Waals surface area (Å²) in [7, 11) is 0. The number of Topliss-reactive ketones (excluding diaryl/α,β-unsaturated/α-hetero) is 1. The standard InChI is InChI=1S/C12H13FN2O2/c1-9(16)8-14-7-6-12(17)15(14)11-4-2-10(13)3-5-11/h2-5H,6-8H2,1H3. The Labute approximate surface area is 98.6 Å². The third-order valence-corrected chi connectivity index (χ3v) is 2.58. The summed E-state index contributed by atoms with van der Waals surface area (Å²) in [6.45, 7) is 2.20. The van der Waals surface area contributed by atoms with Gasteiger partial charge < -0.3 is 0 Å². The minimum atomic E-state index is -0.349. The predicted molar refractivity (Wildman–Crippen MR) is 60.8 cm³/mol. The highest BCUT2D eigenvalue weighted by atomic mass is 19.1. The van der Waals surface area contributed by atoms with E-state index >= 15 is 0 Å². The number of rotatable bonds is 3. The monoisotopic (exact) mass is 236 g/mol. The van der Waals surface area contributed by atoms with Crippen LogP contribution in [0.2, 0.25) is 0 Å². The van der Waals surface area contributed by atoms with E-state index in [2.05, 4.69) is 0 Å². The molecule has 0 spiro atoms. The number of benzene rings is 1. The highest BCUT2D eigenvalue weighted by molar-refractivity contribution is 5.95. The third-order valence-electron chi connectivity index (χ3n) is 2.58. The van der Waals surface area contributed by atoms with E-state index in [-0.39, 0.29) is 24.1 Å². The van der Waals surface area contributed by atoms with Crippen molar-refractivity contribution in [2.75, 3.05) is 18.1 Å². The molecular formula is C12H13FN2O2. The van der Waals surface area contributed by atoms with Crippen molar-refractivity contribution in [2.45, 2.75) is 13.3 Å². The maximum atomic E-state index is 12.8. The van der Waals surface area contributed by atoms with Crippen molar-refractivity contribution < 1.29 is 14.0 Å². The SMILES string of the molecule is CC(=O)CN1CCC(=O)N1c1ccc(F)cc1. The molecule has 90 valence electrons. The van der Waals surface area contributed by atoms with Crippen molar-refractivity contribution in [1.29, 1.82) is 0 Å².